The third-order valence-electron chi connectivity index (χ3n) is 2.34. The Balaban J connectivity index is 2.08. The van der Waals surface area contributed by atoms with E-state index in [1.54, 1.807) is 34.9 Å². The molecule has 0 radical (unpaired) electrons. The molecule has 0 unspecified atom stereocenters. The van der Waals surface area contributed by atoms with Gasteiger partial charge in [0, 0.05) is 15.9 Å². The van der Waals surface area contributed by atoms with Gasteiger partial charge in [-0.2, -0.15) is 0 Å². The van der Waals surface area contributed by atoms with E-state index in [1.807, 2.05) is 6.26 Å². The molecule has 0 saturated heterocycles. The van der Waals surface area contributed by atoms with Gasteiger partial charge in [0.15, 0.2) is 8.68 Å². The minimum Gasteiger partial charge on any atom is -0.313 e. The summed E-state index contributed by atoms with van der Waals surface area (Å²) in [7, 11) is 0. The highest BCUT2D eigenvalue weighted by molar-refractivity contribution is 9.10. The summed E-state index contributed by atoms with van der Waals surface area (Å²) in [6, 6.07) is 6.43. The van der Waals surface area contributed by atoms with Gasteiger partial charge in [0.05, 0.1) is 0 Å². The van der Waals surface area contributed by atoms with E-state index in [2.05, 4.69) is 56.6 Å². The SMILES string of the molecule is CCNCc1ccc(Sc2nnc(SC)s2)c(Br)c1. The highest BCUT2D eigenvalue weighted by Crippen LogP contribution is 2.36. The lowest BCUT2D eigenvalue weighted by Crippen LogP contribution is -2.11. The van der Waals surface area contributed by atoms with Gasteiger partial charge in [0.2, 0.25) is 0 Å². The molecule has 1 heterocycles. The van der Waals surface area contributed by atoms with Crippen LogP contribution in [0.25, 0.3) is 0 Å². The maximum absolute atomic E-state index is 4.17. The molecule has 0 aliphatic rings. The van der Waals surface area contributed by atoms with E-state index in [-0.39, 0.29) is 0 Å². The summed E-state index contributed by atoms with van der Waals surface area (Å²) in [5.74, 6) is 0. The second kappa shape index (κ2) is 7.64. The summed E-state index contributed by atoms with van der Waals surface area (Å²) >= 11 is 8.52. The fraction of sp³-hybridized carbons (Fsp3) is 0.333. The van der Waals surface area contributed by atoms with Gasteiger partial charge >= 0.3 is 0 Å². The van der Waals surface area contributed by atoms with Crippen LogP contribution in [0, 0.1) is 0 Å². The molecule has 0 bridgehead atoms. The summed E-state index contributed by atoms with van der Waals surface area (Å²) < 4.78 is 3.08. The Morgan fingerprint density at radius 2 is 2.11 bits per heavy atom. The molecule has 0 saturated carbocycles. The van der Waals surface area contributed by atoms with Crippen LogP contribution in [0.4, 0.5) is 0 Å². The minimum atomic E-state index is 0.898. The molecular formula is C12H14BrN3S3. The monoisotopic (exact) mass is 375 g/mol. The van der Waals surface area contributed by atoms with Crippen LogP contribution in [-0.4, -0.2) is 23.0 Å². The average molecular weight is 376 g/mol. The lowest BCUT2D eigenvalue weighted by atomic mass is 10.2. The molecule has 7 heteroatoms. The fourth-order valence-corrected chi connectivity index (χ4v) is 4.49. The molecule has 0 spiro atoms. The van der Waals surface area contributed by atoms with Gasteiger partial charge in [-0.05, 0) is 46.4 Å². The van der Waals surface area contributed by atoms with Gasteiger partial charge in [-0.1, -0.05) is 47.9 Å². The van der Waals surface area contributed by atoms with Crippen LogP contribution in [-0.2, 0) is 6.54 Å². The lowest BCUT2D eigenvalue weighted by molar-refractivity contribution is 0.726. The number of hydrogen-bond donors (Lipinski definition) is 1. The Morgan fingerprint density at radius 1 is 1.32 bits per heavy atom. The van der Waals surface area contributed by atoms with Gasteiger partial charge in [-0.3, -0.25) is 0 Å². The molecule has 0 fully saturated rings. The van der Waals surface area contributed by atoms with Gasteiger partial charge in [-0.15, -0.1) is 10.2 Å². The number of nitrogens with one attached hydrogen (secondary N) is 1. The topological polar surface area (TPSA) is 37.8 Å². The Labute approximate surface area is 134 Å². The van der Waals surface area contributed by atoms with Crippen molar-refractivity contribution in [1.29, 1.82) is 0 Å². The number of nitrogens with zero attached hydrogens (tertiary/aromatic N) is 2. The molecule has 0 atom stereocenters. The van der Waals surface area contributed by atoms with Crippen molar-refractivity contribution in [3.63, 3.8) is 0 Å². The molecule has 1 aromatic carbocycles. The Hall–Kier alpha value is -0.0800. The maximum Gasteiger partial charge on any atom is 0.179 e. The van der Waals surface area contributed by atoms with Gasteiger partial charge in [0.25, 0.3) is 0 Å². The molecule has 0 aliphatic carbocycles. The molecule has 3 nitrogen and oxygen atoms in total. The summed E-state index contributed by atoms with van der Waals surface area (Å²) in [5.41, 5.74) is 1.28. The van der Waals surface area contributed by atoms with Crippen LogP contribution in [0.5, 0.6) is 0 Å². The predicted octanol–water partition coefficient (Wildman–Crippen LogP) is 4.28. The predicted molar refractivity (Wildman–Crippen MR) is 87.3 cm³/mol. The second-order valence-corrected chi connectivity index (χ2v) is 7.86. The van der Waals surface area contributed by atoms with Crippen molar-refractivity contribution in [2.24, 2.45) is 0 Å². The van der Waals surface area contributed by atoms with Crippen LogP contribution in [0.1, 0.15) is 12.5 Å². The van der Waals surface area contributed by atoms with Crippen LogP contribution in [0.3, 0.4) is 0 Å². The molecule has 1 aromatic heterocycles. The smallest absolute Gasteiger partial charge is 0.179 e. The van der Waals surface area contributed by atoms with Crippen molar-refractivity contribution in [3.05, 3.63) is 28.2 Å². The van der Waals surface area contributed by atoms with Crippen molar-refractivity contribution in [3.8, 4) is 0 Å². The Bertz CT molecular complexity index is 545. The number of aromatic nitrogens is 2. The normalized spacial score (nSPS) is 10.9. The maximum atomic E-state index is 4.17. The van der Waals surface area contributed by atoms with Crippen LogP contribution in [0.15, 0.2) is 36.2 Å². The van der Waals surface area contributed by atoms with Gasteiger partial charge in [0.1, 0.15) is 0 Å². The number of rotatable bonds is 6. The van der Waals surface area contributed by atoms with Crippen LogP contribution >= 0.6 is 50.8 Å². The molecule has 1 N–H and O–H groups in total. The molecule has 2 rings (SSSR count). The van der Waals surface area contributed by atoms with Crippen molar-refractivity contribution in [2.45, 2.75) is 27.0 Å². The third kappa shape index (κ3) is 4.46. The minimum absolute atomic E-state index is 0.898. The molecule has 0 amide bonds. The van der Waals surface area contributed by atoms with E-state index in [0.717, 1.165) is 26.2 Å². The lowest BCUT2D eigenvalue weighted by Gasteiger charge is -2.06. The first-order valence-corrected chi connectivity index (χ1v) is 9.42. The molecular weight excluding hydrogens is 362 g/mol. The Kier molecular flexibility index (Phi) is 6.15. The van der Waals surface area contributed by atoms with Crippen LogP contribution in [0.2, 0.25) is 0 Å². The van der Waals surface area contributed by atoms with E-state index in [0.29, 0.717) is 0 Å². The summed E-state index contributed by atoms with van der Waals surface area (Å²) in [6.45, 7) is 3.99. The van der Waals surface area contributed by atoms with Crippen molar-refractivity contribution in [1.82, 2.24) is 15.5 Å². The second-order valence-electron chi connectivity index (χ2n) is 3.69. The first kappa shape index (κ1) is 15.3. The van der Waals surface area contributed by atoms with E-state index < -0.39 is 0 Å². The standard InChI is InChI=1S/C12H14BrN3S3/c1-3-14-7-8-4-5-10(9(13)6-8)18-12-16-15-11(17-2)19-12/h4-6,14H,3,7H2,1-2H3. The van der Waals surface area contributed by atoms with Gasteiger partial charge < -0.3 is 5.32 Å². The summed E-state index contributed by atoms with van der Waals surface area (Å²) in [4.78, 5) is 1.17. The number of hydrogen-bond acceptors (Lipinski definition) is 6. The molecule has 0 aliphatic heterocycles. The van der Waals surface area contributed by atoms with Crippen LogP contribution < -0.4 is 5.32 Å². The highest BCUT2D eigenvalue weighted by Gasteiger charge is 2.08. The Morgan fingerprint density at radius 3 is 2.74 bits per heavy atom. The van der Waals surface area contributed by atoms with Crippen molar-refractivity contribution < 1.29 is 0 Å². The first-order chi connectivity index (χ1) is 9.22. The van der Waals surface area contributed by atoms with Gasteiger partial charge in [-0.25, -0.2) is 0 Å². The zero-order chi connectivity index (χ0) is 13.7. The fourth-order valence-electron chi connectivity index (χ4n) is 1.42. The highest BCUT2D eigenvalue weighted by atomic mass is 79.9. The van der Waals surface area contributed by atoms with E-state index >= 15 is 0 Å². The number of halogens is 1. The summed E-state index contributed by atoms with van der Waals surface area (Å²) in [6.07, 6.45) is 2.01. The zero-order valence-electron chi connectivity index (χ0n) is 10.6. The van der Waals surface area contributed by atoms with E-state index in [9.17, 15) is 0 Å². The van der Waals surface area contributed by atoms with E-state index in [1.165, 1.54) is 10.5 Å². The molecule has 2 aromatic rings. The largest absolute Gasteiger partial charge is 0.313 e. The average Bonchev–Trinajstić information content (AvgIpc) is 2.87. The number of thioether (sulfide) groups is 1. The quantitative estimate of drug-likeness (QED) is 0.762. The molecule has 102 valence electrons. The zero-order valence-corrected chi connectivity index (χ0v) is 14.7. The number of benzene rings is 1. The van der Waals surface area contributed by atoms with Crippen molar-refractivity contribution in [2.75, 3.05) is 12.8 Å². The summed E-state index contributed by atoms with van der Waals surface area (Å²) in [5, 5.41) is 11.6. The molecule has 19 heavy (non-hydrogen) atoms. The third-order valence-corrected chi connectivity index (χ3v) is 6.28. The van der Waals surface area contributed by atoms with E-state index in [4.69, 9.17) is 0 Å². The van der Waals surface area contributed by atoms with Crippen molar-refractivity contribution >= 4 is 50.8 Å². The first-order valence-electron chi connectivity index (χ1n) is 5.77.